The van der Waals surface area contributed by atoms with Crippen LogP contribution in [0, 0.1) is 18.8 Å². The predicted molar refractivity (Wildman–Crippen MR) is 85.6 cm³/mol. The molecule has 112 valence electrons. The number of piperidine rings is 1. The van der Waals surface area contributed by atoms with E-state index in [9.17, 15) is 8.42 Å². The van der Waals surface area contributed by atoms with Crippen LogP contribution in [0.4, 0.5) is 0 Å². The van der Waals surface area contributed by atoms with Crippen LogP contribution in [-0.2, 0) is 10.0 Å². The molecule has 1 aliphatic heterocycles. The number of sulfonamides is 1. The molecule has 0 spiro atoms. The van der Waals surface area contributed by atoms with Gasteiger partial charge in [0, 0.05) is 22.6 Å². The molecule has 0 bridgehead atoms. The minimum atomic E-state index is -3.50. The summed E-state index contributed by atoms with van der Waals surface area (Å²) in [5, 5.41) is 0.477. The van der Waals surface area contributed by atoms with Crippen molar-refractivity contribution in [1.82, 2.24) is 4.31 Å². The van der Waals surface area contributed by atoms with Gasteiger partial charge in [-0.05, 0) is 58.8 Å². The molecule has 2 atom stereocenters. The van der Waals surface area contributed by atoms with Gasteiger partial charge in [-0.25, -0.2) is 8.42 Å². The number of nitrogens with zero attached hydrogens (tertiary/aromatic N) is 1. The van der Waals surface area contributed by atoms with Gasteiger partial charge >= 0.3 is 0 Å². The Labute approximate surface area is 134 Å². The first kappa shape index (κ1) is 16.3. The van der Waals surface area contributed by atoms with E-state index in [-0.39, 0.29) is 4.90 Å². The van der Waals surface area contributed by atoms with Crippen molar-refractivity contribution in [1.29, 1.82) is 0 Å². The van der Waals surface area contributed by atoms with E-state index in [4.69, 9.17) is 11.6 Å². The van der Waals surface area contributed by atoms with Crippen LogP contribution in [0.5, 0.6) is 0 Å². The first-order valence-corrected chi connectivity index (χ1v) is 9.28. The summed E-state index contributed by atoms with van der Waals surface area (Å²) in [6, 6.07) is 3.30. The van der Waals surface area contributed by atoms with Crippen LogP contribution < -0.4 is 0 Å². The molecule has 3 nitrogen and oxygen atoms in total. The van der Waals surface area contributed by atoms with E-state index in [0.29, 0.717) is 34.4 Å². The van der Waals surface area contributed by atoms with Crippen LogP contribution in [-0.4, -0.2) is 25.8 Å². The second-order valence-corrected chi connectivity index (χ2v) is 8.97. The molecule has 1 heterocycles. The van der Waals surface area contributed by atoms with Gasteiger partial charge in [0.2, 0.25) is 10.0 Å². The smallest absolute Gasteiger partial charge is 0.207 e. The fourth-order valence-corrected chi connectivity index (χ4v) is 5.82. The summed E-state index contributed by atoms with van der Waals surface area (Å²) in [7, 11) is -3.50. The van der Waals surface area contributed by atoms with Crippen molar-refractivity contribution in [3.63, 3.8) is 0 Å². The minimum Gasteiger partial charge on any atom is -0.207 e. The average Bonchev–Trinajstić information content (AvgIpc) is 2.32. The second-order valence-electron chi connectivity index (χ2n) is 5.80. The van der Waals surface area contributed by atoms with Crippen LogP contribution in [0.25, 0.3) is 0 Å². The van der Waals surface area contributed by atoms with Gasteiger partial charge in [0.05, 0.1) is 4.90 Å². The molecule has 1 fully saturated rings. The topological polar surface area (TPSA) is 37.4 Å². The average molecular weight is 381 g/mol. The molecule has 0 amide bonds. The zero-order chi connectivity index (χ0) is 15.1. The van der Waals surface area contributed by atoms with Crippen molar-refractivity contribution >= 4 is 37.6 Å². The molecule has 1 aromatic rings. The third-order valence-electron chi connectivity index (χ3n) is 3.67. The van der Waals surface area contributed by atoms with Crippen LogP contribution in [0.15, 0.2) is 21.5 Å². The third kappa shape index (κ3) is 3.21. The lowest BCUT2D eigenvalue weighted by molar-refractivity contribution is 0.222. The van der Waals surface area contributed by atoms with Crippen molar-refractivity contribution in [2.45, 2.75) is 32.1 Å². The lowest BCUT2D eigenvalue weighted by Gasteiger charge is -2.34. The highest BCUT2D eigenvalue weighted by Gasteiger charge is 2.33. The molecule has 0 saturated carbocycles. The Balaban J connectivity index is 2.42. The number of hydrogen-bond donors (Lipinski definition) is 0. The Bertz CT molecular complexity index is 608. The molecule has 0 radical (unpaired) electrons. The lowest BCUT2D eigenvalue weighted by Crippen LogP contribution is -2.42. The molecule has 0 aliphatic carbocycles. The molecule has 0 N–H and O–H groups in total. The normalized spacial score (nSPS) is 24.9. The monoisotopic (exact) mass is 379 g/mol. The van der Waals surface area contributed by atoms with Gasteiger partial charge in [-0.15, -0.1) is 0 Å². The first-order chi connectivity index (χ1) is 9.21. The van der Waals surface area contributed by atoms with Gasteiger partial charge in [-0.2, -0.15) is 4.31 Å². The molecule has 6 heteroatoms. The summed E-state index contributed by atoms with van der Waals surface area (Å²) in [6.07, 6.45) is 1.07. The van der Waals surface area contributed by atoms with Gasteiger partial charge in [-0.3, -0.25) is 0 Å². The maximum absolute atomic E-state index is 12.8. The lowest BCUT2D eigenvalue weighted by atomic mass is 9.94. The van der Waals surface area contributed by atoms with Crippen LogP contribution in [0.1, 0.15) is 25.8 Å². The van der Waals surface area contributed by atoms with Crippen LogP contribution in [0.2, 0.25) is 5.02 Å². The molecule has 20 heavy (non-hydrogen) atoms. The predicted octanol–water partition coefficient (Wildman–Crippen LogP) is 4.08. The second kappa shape index (κ2) is 5.95. The maximum atomic E-state index is 12.8. The van der Waals surface area contributed by atoms with Crippen molar-refractivity contribution in [3.8, 4) is 0 Å². The molecule has 1 aliphatic rings. The summed E-state index contributed by atoms with van der Waals surface area (Å²) < 4.78 is 27.8. The standard InChI is InChI=1S/C14H19BrClNO2S/c1-9-4-10(2)8-17(7-9)20(18,19)14-6-13(16)11(3)5-12(14)15/h5-6,9-10H,4,7-8H2,1-3H3/t9-,10-/m1/s1. The van der Waals surface area contributed by atoms with E-state index in [1.807, 2.05) is 6.92 Å². The quantitative estimate of drug-likeness (QED) is 0.775. The minimum absolute atomic E-state index is 0.259. The zero-order valence-electron chi connectivity index (χ0n) is 11.9. The molecule has 1 aromatic carbocycles. The van der Waals surface area contributed by atoms with Crippen LogP contribution in [0.3, 0.4) is 0 Å². The molecular weight excluding hydrogens is 362 g/mol. The zero-order valence-corrected chi connectivity index (χ0v) is 15.0. The third-order valence-corrected chi connectivity index (χ3v) is 6.86. The summed E-state index contributed by atoms with van der Waals surface area (Å²) in [4.78, 5) is 0.259. The largest absolute Gasteiger partial charge is 0.244 e. The van der Waals surface area contributed by atoms with Crippen molar-refractivity contribution < 1.29 is 8.42 Å². The number of aryl methyl sites for hydroxylation is 1. The van der Waals surface area contributed by atoms with Gasteiger partial charge in [-0.1, -0.05) is 25.4 Å². The SMILES string of the molecule is Cc1cc(Br)c(S(=O)(=O)N2C[C@H](C)C[C@@H](C)C2)cc1Cl. The van der Waals surface area contributed by atoms with Crippen molar-refractivity contribution in [2.24, 2.45) is 11.8 Å². The summed E-state index contributed by atoms with van der Waals surface area (Å²) in [5.41, 5.74) is 0.859. The Morgan fingerprint density at radius 2 is 1.80 bits per heavy atom. The summed E-state index contributed by atoms with van der Waals surface area (Å²) >= 11 is 9.43. The summed E-state index contributed by atoms with van der Waals surface area (Å²) in [5.74, 6) is 0.765. The highest BCUT2D eigenvalue weighted by atomic mass is 79.9. The number of benzene rings is 1. The summed E-state index contributed by atoms with van der Waals surface area (Å²) in [6.45, 7) is 7.19. The van der Waals surface area contributed by atoms with Crippen molar-refractivity contribution in [3.05, 3.63) is 27.2 Å². The van der Waals surface area contributed by atoms with Gasteiger partial charge in [0.15, 0.2) is 0 Å². The highest BCUT2D eigenvalue weighted by molar-refractivity contribution is 9.10. The van der Waals surface area contributed by atoms with Crippen LogP contribution >= 0.6 is 27.5 Å². The fraction of sp³-hybridized carbons (Fsp3) is 0.571. The Kier molecular flexibility index (Phi) is 4.84. The fourth-order valence-electron chi connectivity index (χ4n) is 2.77. The van der Waals surface area contributed by atoms with E-state index < -0.39 is 10.0 Å². The van der Waals surface area contributed by atoms with E-state index in [2.05, 4.69) is 29.8 Å². The Morgan fingerprint density at radius 1 is 1.25 bits per heavy atom. The van der Waals surface area contributed by atoms with Gasteiger partial charge in [0.25, 0.3) is 0 Å². The van der Waals surface area contributed by atoms with E-state index in [0.717, 1.165) is 12.0 Å². The molecule has 2 rings (SSSR count). The van der Waals surface area contributed by atoms with E-state index in [1.165, 1.54) is 0 Å². The molecule has 0 aromatic heterocycles. The Hall–Kier alpha value is -0.100. The molecule has 0 unspecified atom stereocenters. The first-order valence-electron chi connectivity index (χ1n) is 6.67. The van der Waals surface area contributed by atoms with Crippen molar-refractivity contribution in [2.75, 3.05) is 13.1 Å². The van der Waals surface area contributed by atoms with E-state index in [1.54, 1.807) is 16.4 Å². The molecular formula is C14H19BrClNO2S. The number of halogens is 2. The molecule has 1 saturated heterocycles. The Morgan fingerprint density at radius 3 is 2.35 bits per heavy atom. The van der Waals surface area contributed by atoms with E-state index >= 15 is 0 Å². The van der Waals surface area contributed by atoms with Gasteiger partial charge < -0.3 is 0 Å². The number of hydrogen-bond acceptors (Lipinski definition) is 2. The maximum Gasteiger partial charge on any atom is 0.244 e. The highest BCUT2D eigenvalue weighted by Crippen LogP contribution is 2.33. The van der Waals surface area contributed by atoms with Gasteiger partial charge in [0.1, 0.15) is 0 Å². The number of rotatable bonds is 2.